The van der Waals surface area contributed by atoms with Gasteiger partial charge in [0, 0.05) is 27.9 Å². The van der Waals surface area contributed by atoms with Gasteiger partial charge in [-0.3, -0.25) is 0 Å². The molecule has 0 bridgehead atoms. The van der Waals surface area contributed by atoms with Gasteiger partial charge in [-0.15, -0.1) is 0 Å². The van der Waals surface area contributed by atoms with Crippen LogP contribution >= 0.6 is 0 Å². The predicted octanol–water partition coefficient (Wildman–Crippen LogP) is 11.5. The maximum Gasteiger partial charge on any atom is 0.227 e. The molecule has 0 amide bonds. The third-order valence-corrected chi connectivity index (χ3v) is 8.09. The largest absolute Gasteiger partial charge is 0.435 e. The summed E-state index contributed by atoms with van der Waals surface area (Å²) in [6, 6.07) is 59.3. The molecule has 0 aliphatic heterocycles. The molecule has 0 aliphatic rings. The van der Waals surface area contributed by atoms with Crippen molar-refractivity contribution in [2.24, 2.45) is 0 Å². The van der Waals surface area contributed by atoms with E-state index in [1.807, 2.05) is 42.5 Å². The minimum atomic E-state index is 0.630. The van der Waals surface area contributed by atoms with Crippen molar-refractivity contribution in [2.45, 2.75) is 0 Å². The first-order chi connectivity index (χ1) is 21.8. The molecule has 0 saturated carbocycles. The summed E-state index contributed by atoms with van der Waals surface area (Å²) in [6.07, 6.45) is 0. The molecule has 0 unspecified atom stereocenters. The van der Waals surface area contributed by atoms with E-state index in [1.54, 1.807) is 0 Å². The molecule has 208 valence electrons. The van der Waals surface area contributed by atoms with Crippen molar-refractivity contribution in [1.82, 2.24) is 4.98 Å². The van der Waals surface area contributed by atoms with Crippen LogP contribution in [0.25, 0.3) is 55.6 Å². The first-order valence-corrected chi connectivity index (χ1v) is 14.8. The zero-order valence-corrected chi connectivity index (χ0v) is 24.0. The Morgan fingerprint density at radius 2 is 1.11 bits per heavy atom. The maximum absolute atomic E-state index is 6.34. The lowest BCUT2D eigenvalue weighted by atomic mass is 10.0. The van der Waals surface area contributed by atoms with E-state index >= 15 is 0 Å². The Kier molecular flexibility index (Phi) is 6.47. The fourth-order valence-corrected chi connectivity index (χ4v) is 5.96. The summed E-state index contributed by atoms with van der Waals surface area (Å²) in [5, 5.41) is 2.40. The van der Waals surface area contributed by atoms with Crippen LogP contribution in [0.3, 0.4) is 0 Å². The van der Waals surface area contributed by atoms with Gasteiger partial charge in [-0.25, -0.2) is 4.98 Å². The summed E-state index contributed by atoms with van der Waals surface area (Å²) in [5.74, 6) is 0.630. The van der Waals surface area contributed by atoms with Crippen LogP contribution in [0.2, 0.25) is 0 Å². The Balaban J connectivity index is 1.25. The molecule has 8 aromatic rings. The van der Waals surface area contributed by atoms with E-state index < -0.39 is 0 Å². The third-order valence-electron chi connectivity index (χ3n) is 8.09. The molecule has 0 N–H and O–H groups in total. The highest BCUT2D eigenvalue weighted by Gasteiger charge is 2.17. The zero-order valence-electron chi connectivity index (χ0n) is 24.0. The Morgan fingerprint density at radius 3 is 1.93 bits per heavy atom. The molecule has 8 rings (SSSR count). The number of fused-ring (bicyclic) bond motifs is 2. The summed E-state index contributed by atoms with van der Waals surface area (Å²) in [7, 11) is 0. The molecule has 0 atom stereocenters. The quantitative estimate of drug-likeness (QED) is 0.201. The first-order valence-electron chi connectivity index (χ1n) is 14.8. The molecular formula is C41H28N2O. The molecule has 7 aromatic carbocycles. The van der Waals surface area contributed by atoms with Gasteiger partial charge in [-0.2, -0.15) is 0 Å². The van der Waals surface area contributed by atoms with Gasteiger partial charge in [-0.1, -0.05) is 121 Å². The number of para-hydroxylation sites is 1. The normalized spacial score (nSPS) is 11.2. The average Bonchev–Trinajstić information content (AvgIpc) is 3.55. The Labute approximate surface area is 256 Å². The molecular weight excluding hydrogens is 536 g/mol. The van der Waals surface area contributed by atoms with Crippen LogP contribution in [0.4, 0.5) is 17.1 Å². The molecule has 44 heavy (non-hydrogen) atoms. The van der Waals surface area contributed by atoms with Crippen molar-refractivity contribution < 1.29 is 4.42 Å². The summed E-state index contributed by atoms with van der Waals surface area (Å²) < 4.78 is 6.34. The highest BCUT2D eigenvalue weighted by atomic mass is 16.3. The van der Waals surface area contributed by atoms with E-state index in [4.69, 9.17) is 9.40 Å². The van der Waals surface area contributed by atoms with Gasteiger partial charge < -0.3 is 9.32 Å². The topological polar surface area (TPSA) is 29.3 Å². The van der Waals surface area contributed by atoms with Gasteiger partial charge >= 0.3 is 0 Å². The molecule has 0 radical (unpaired) electrons. The zero-order chi connectivity index (χ0) is 29.3. The molecule has 1 aromatic heterocycles. The van der Waals surface area contributed by atoms with Gasteiger partial charge in [0.15, 0.2) is 5.58 Å². The molecule has 3 heteroatoms. The van der Waals surface area contributed by atoms with Gasteiger partial charge in [0.25, 0.3) is 0 Å². The molecule has 0 spiro atoms. The lowest BCUT2D eigenvalue weighted by Gasteiger charge is -2.27. The second kappa shape index (κ2) is 11.0. The molecule has 3 nitrogen and oxygen atoms in total. The Hall–Kier alpha value is -5.93. The Bertz CT molecular complexity index is 2210. The third kappa shape index (κ3) is 4.71. The van der Waals surface area contributed by atoms with E-state index in [0.29, 0.717) is 5.89 Å². The number of rotatable bonds is 6. The highest BCUT2D eigenvalue weighted by molar-refractivity contribution is 5.99. The van der Waals surface area contributed by atoms with Gasteiger partial charge in [-0.05, 0) is 70.6 Å². The maximum atomic E-state index is 6.34. The number of nitrogens with zero attached hydrogens (tertiary/aromatic N) is 2. The van der Waals surface area contributed by atoms with Crippen LogP contribution in [0.5, 0.6) is 0 Å². The summed E-state index contributed by atoms with van der Waals surface area (Å²) in [5.41, 5.74) is 10.4. The smallest absolute Gasteiger partial charge is 0.227 e. The van der Waals surface area contributed by atoms with Crippen molar-refractivity contribution >= 4 is 38.9 Å². The van der Waals surface area contributed by atoms with Crippen molar-refractivity contribution in [3.63, 3.8) is 0 Å². The van der Waals surface area contributed by atoms with Crippen molar-refractivity contribution in [3.05, 3.63) is 170 Å². The second-order valence-corrected chi connectivity index (χ2v) is 10.8. The van der Waals surface area contributed by atoms with Crippen LogP contribution in [0, 0.1) is 0 Å². The van der Waals surface area contributed by atoms with Crippen LogP contribution in [-0.2, 0) is 0 Å². The number of hydrogen-bond donors (Lipinski definition) is 0. The molecule has 0 aliphatic carbocycles. The summed E-state index contributed by atoms with van der Waals surface area (Å²) in [4.78, 5) is 7.13. The van der Waals surface area contributed by atoms with Gasteiger partial charge in [0.2, 0.25) is 5.89 Å². The predicted molar refractivity (Wildman–Crippen MR) is 183 cm³/mol. The summed E-state index contributed by atoms with van der Waals surface area (Å²) >= 11 is 0. The van der Waals surface area contributed by atoms with Crippen molar-refractivity contribution in [3.8, 4) is 33.7 Å². The highest BCUT2D eigenvalue weighted by Crippen LogP contribution is 2.41. The van der Waals surface area contributed by atoms with Crippen LogP contribution in [0.1, 0.15) is 0 Å². The SMILES string of the molecule is c1ccc(-c2cccc(N(c3ccc(-c4cccc5nc(-c6ccccc6)oc45)cc3)c3cccc4ccccc34)c2)cc1. The molecule has 0 fully saturated rings. The van der Waals surface area contributed by atoms with E-state index in [-0.39, 0.29) is 0 Å². The van der Waals surface area contributed by atoms with Crippen molar-refractivity contribution in [2.75, 3.05) is 4.90 Å². The monoisotopic (exact) mass is 564 g/mol. The minimum absolute atomic E-state index is 0.630. The van der Waals surface area contributed by atoms with E-state index in [0.717, 1.165) is 44.9 Å². The van der Waals surface area contributed by atoms with Gasteiger partial charge in [0.1, 0.15) is 5.52 Å². The molecule has 1 heterocycles. The fourth-order valence-electron chi connectivity index (χ4n) is 5.96. The number of oxazole rings is 1. The van der Waals surface area contributed by atoms with Crippen LogP contribution < -0.4 is 4.90 Å². The van der Waals surface area contributed by atoms with E-state index in [1.165, 1.54) is 21.9 Å². The number of benzene rings is 7. The van der Waals surface area contributed by atoms with Crippen LogP contribution in [0.15, 0.2) is 174 Å². The lowest BCUT2D eigenvalue weighted by molar-refractivity contribution is 0.621. The minimum Gasteiger partial charge on any atom is -0.435 e. The lowest BCUT2D eigenvalue weighted by Crippen LogP contribution is -2.10. The number of hydrogen-bond acceptors (Lipinski definition) is 3. The van der Waals surface area contributed by atoms with E-state index in [2.05, 4.69) is 132 Å². The standard InChI is InChI=1S/C41H28N2O/c1-3-12-29(13-4-1)33-18-9-19-35(28-33)43(39-23-10-17-30-14-7-8-20-36(30)39)34-26-24-31(25-27-34)37-21-11-22-38-40(37)44-41(42-38)32-15-5-2-6-16-32/h1-28H. The first kappa shape index (κ1) is 25.8. The number of aromatic nitrogens is 1. The Morgan fingerprint density at radius 1 is 0.455 bits per heavy atom. The number of anilines is 3. The van der Waals surface area contributed by atoms with Gasteiger partial charge in [0.05, 0.1) is 5.69 Å². The van der Waals surface area contributed by atoms with Crippen molar-refractivity contribution in [1.29, 1.82) is 0 Å². The molecule has 0 saturated heterocycles. The fraction of sp³-hybridized carbons (Fsp3) is 0. The van der Waals surface area contributed by atoms with E-state index in [9.17, 15) is 0 Å². The summed E-state index contributed by atoms with van der Waals surface area (Å²) in [6.45, 7) is 0. The second-order valence-electron chi connectivity index (χ2n) is 10.8. The van der Waals surface area contributed by atoms with Crippen LogP contribution in [-0.4, -0.2) is 4.98 Å². The average molecular weight is 565 g/mol.